The number of carbonyl (C=O) groups is 1. The van der Waals surface area contributed by atoms with E-state index in [1.807, 2.05) is 29.2 Å². The fourth-order valence-electron chi connectivity index (χ4n) is 4.07. The molecule has 0 aliphatic carbocycles. The van der Waals surface area contributed by atoms with Crippen molar-refractivity contribution in [2.45, 2.75) is 19.5 Å². The van der Waals surface area contributed by atoms with Crippen LogP contribution in [0, 0.1) is 0 Å². The summed E-state index contributed by atoms with van der Waals surface area (Å²) in [5.74, 6) is 2.11. The average molecular weight is 464 g/mol. The monoisotopic (exact) mass is 463 g/mol. The molecule has 7 nitrogen and oxygen atoms in total. The van der Waals surface area contributed by atoms with Gasteiger partial charge in [-0.3, -0.25) is 9.69 Å². The molecule has 4 rings (SSSR count). The summed E-state index contributed by atoms with van der Waals surface area (Å²) in [6.45, 7) is 7.42. The standard InChI is InChI=1S/C27H33N3O4/c1-21(23-7-4-8-24(19-23)32-2)28-20-22-6-3-9-25(18-22)33-17-15-29-11-13-30(14-12-29)27(31)26-10-5-16-34-26/h3-10,16,18-19,21,28H,11-15,17,20H2,1-2H3/t21-/m0/s1. The van der Waals surface area contributed by atoms with Gasteiger partial charge in [-0.15, -0.1) is 0 Å². The van der Waals surface area contributed by atoms with Gasteiger partial charge in [0.05, 0.1) is 13.4 Å². The molecule has 0 saturated carbocycles. The van der Waals surface area contributed by atoms with Crippen molar-refractivity contribution in [2.75, 3.05) is 46.4 Å². The number of piperazine rings is 1. The first-order valence-electron chi connectivity index (χ1n) is 11.8. The molecule has 34 heavy (non-hydrogen) atoms. The highest BCUT2D eigenvalue weighted by Crippen LogP contribution is 2.20. The third kappa shape index (κ3) is 6.40. The predicted molar refractivity (Wildman–Crippen MR) is 131 cm³/mol. The Hall–Kier alpha value is -3.29. The molecule has 0 bridgehead atoms. The lowest BCUT2D eigenvalue weighted by Crippen LogP contribution is -2.49. The normalized spacial score (nSPS) is 15.2. The number of ether oxygens (including phenoxy) is 2. The first kappa shape index (κ1) is 23.9. The van der Waals surface area contributed by atoms with Crippen molar-refractivity contribution in [1.82, 2.24) is 15.1 Å². The van der Waals surface area contributed by atoms with Gasteiger partial charge in [-0.2, -0.15) is 0 Å². The highest BCUT2D eigenvalue weighted by Gasteiger charge is 2.23. The van der Waals surface area contributed by atoms with Crippen LogP contribution in [0.5, 0.6) is 11.5 Å². The van der Waals surface area contributed by atoms with Gasteiger partial charge in [-0.25, -0.2) is 0 Å². The highest BCUT2D eigenvalue weighted by molar-refractivity contribution is 5.91. The van der Waals surface area contributed by atoms with Gasteiger partial charge in [-0.1, -0.05) is 24.3 Å². The van der Waals surface area contributed by atoms with Gasteiger partial charge in [0.25, 0.3) is 5.91 Å². The van der Waals surface area contributed by atoms with E-state index < -0.39 is 0 Å². The zero-order valence-corrected chi connectivity index (χ0v) is 19.9. The van der Waals surface area contributed by atoms with Crippen molar-refractivity contribution in [3.8, 4) is 11.5 Å². The molecule has 1 aliphatic heterocycles. The molecule has 1 N–H and O–H groups in total. The fraction of sp³-hybridized carbons (Fsp3) is 0.370. The Balaban J connectivity index is 1.19. The van der Waals surface area contributed by atoms with Crippen LogP contribution in [0.4, 0.5) is 0 Å². The first-order valence-corrected chi connectivity index (χ1v) is 11.8. The van der Waals surface area contributed by atoms with Gasteiger partial charge in [0.1, 0.15) is 18.1 Å². The Bertz CT molecular complexity index is 1050. The van der Waals surface area contributed by atoms with E-state index >= 15 is 0 Å². The number of nitrogens with one attached hydrogen (secondary N) is 1. The molecule has 0 unspecified atom stereocenters. The number of rotatable bonds is 10. The molecule has 0 spiro atoms. The van der Waals surface area contributed by atoms with Crippen LogP contribution < -0.4 is 14.8 Å². The number of methoxy groups -OCH3 is 1. The van der Waals surface area contributed by atoms with Crippen LogP contribution in [0.25, 0.3) is 0 Å². The zero-order chi connectivity index (χ0) is 23.8. The molecule has 1 fully saturated rings. The van der Waals surface area contributed by atoms with E-state index in [2.05, 4.69) is 41.4 Å². The lowest BCUT2D eigenvalue weighted by atomic mass is 10.1. The highest BCUT2D eigenvalue weighted by atomic mass is 16.5. The van der Waals surface area contributed by atoms with Gasteiger partial charge < -0.3 is 24.1 Å². The summed E-state index contributed by atoms with van der Waals surface area (Å²) >= 11 is 0. The molecule has 7 heteroatoms. The van der Waals surface area contributed by atoms with Crippen LogP contribution in [-0.4, -0.2) is 62.1 Å². The van der Waals surface area contributed by atoms with Crippen LogP contribution in [-0.2, 0) is 6.54 Å². The molecule has 1 amide bonds. The summed E-state index contributed by atoms with van der Waals surface area (Å²) in [5.41, 5.74) is 2.37. The number of furan rings is 1. The molecule has 0 radical (unpaired) electrons. The minimum atomic E-state index is -0.0351. The number of hydrogen-bond donors (Lipinski definition) is 1. The Morgan fingerprint density at radius 3 is 2.59 bits per heavy atom. The van der Waals surface area contributed by atoms with Crippen molar-refractivity contribution in [3.63, 3.8) is 0 Å². The number of benzene rings is 2. The Kier molecular flexibility index (Phi) is 8.22. The van der Waals surface area contributed by atoms with Crippen LogP contribution in [0.1, 0.15) is 34.6 Å². The molecule has 1 atom stereocenters. The number of amides is 1. The molecule has 1 aromatic heterocycles. The van der Waals surface area contributed by atoms with Crippen LogP contribution in [0.2, 0.25) is 0 Å². The molecule has 180 valence electrons. The summed E-state index contributed by atoms with van der Waals surface area (Å²) in [5, 5.41) is 3.57. The van der Waals surface area contributed by atoms with E-state index in [0.29, 0.717) is 25.5 Å². The lowest BCUT2D eigenvalue weighted by Gasteiger charge is -2.34. The van der Waals surface area contributed by atoms with Crippen molar-refractivity contribution in [3.05, 3.63) is 83.8 Å². The minimum Gasteiger partial charge on any atom is -0.497 e. The van der Waals surface area contributed by atoms with Crippen molar-refractivity contribution >= 4 is 5.91 Å². The minimum absolute atomic E-state index is 0.0351. The quantitative estimate of drug-likeness (QED) is 0.491. The zero-order valence-electron chi connectivity index (χ0n) is 19.9. The summed E-state index contributed by atoms with van der Waals surface area (Å²) in [6.07, 6.45) is 1.53. The van der Waals surface area contributed by atoms with Crippen molar-refractivity contribution in [1.29, 1.82) is 0 Å². The van der Waals surface area contributed by atoms with E-state index in [9.17, 15) is 4.79 Å². The van der Waals surface area contributed by atoms with E-state index in [1.54, 1.807) is 19.2 Å². The Morgan fingerprint density at radius 2 is 1.82 bits per heavy atom. The molecular weight excluding hydrogens is 430 g/mol. The maximum Gasteiger partial charge on any atom is 0.289 e. The summed E-state index contributed by atoms with van der Waals surface area (Å²) < 4.78 is 16.6. The molecule has 1 saturated heterocycles. The fourth-order valence-corrected chi connectivity index (χ4v) is 4.07. The second-order valence-electron chi connectivity index (χ2n) is 8.49. The Labute approximate surface area is 201 Å². The van der Waals surface area contributed by atoms with E-state index in [-0.39, 0.29) is 11.9 Å². The van der Waals surface area contributed by atoms with Gasteiger partial charge in [-0.05, 0) is 54.4 Å². The SMILES string of the molecule is COc1cccc([C@H](C)NCc2cccc(OCCN3CCN(C(=O)c4ccco4)CC3)c2)c1. The van der Waals surface area contributed by atoms with E-state index in [4.69, 9.17) is 13.9 Å². The number of carbonyl (C=O) groups excluding carboxylic acids is 1. The van der Waals surface area contributed by atoms with Gasteiger partial charge in [0.2, 0.25) is 0 Å². The van der Waals surface area contributed by atoms with E-state index in [0.717, 1.165) is 37.7 Å². The topological polar surface area (TPSA) is 67.2 Å². The van der Waals surface area contributed by atoms with Crippen LogP contribution in [0.3, 0.4) is 0 Å². The average Bonchev–Trinajstić information content (AvgIpc) is 3.43. The Morgan fingerprint density at radius 1 is 1.03 bits per heavy atom. The molecule has 2 heterocycles. The van der Waals surface area contributed by atoms with Gasteiger partial charge >= 0.3 is 0 Å². The third-order valence-electron chi connectivity index (χ3n) is 6.17. The maximum absolute atomic E-state index is 12.4. The second kappa shape index (κ2) is 11.7. The van der Waals surface area contributed by atoms with Gasteiger partial charge in [0.15, 0.2) is 5.76 Å². The maximum atomic E-state index is 12.4. The van der Waals surface area contributed by atoms with Crippen LogP contribution in [0.15, 0.2) is 71.3 Å². The summed E-state index contributed by atoms with van der Waals surface area (Å²) in [6, 6.07) is 20.0. The molecular formula is C27H33N3O4. The molecule has 3 aromatic rings. The summed E-state index contributed by atoms with van der Waals surface area (Å²) in [7, 11) is 1.69. The number of hydrogen-bond acceptors (Lipinski definition) is 6. The second-order valence-corrected chi connectivity index (χ2v) is 8.49. The molecule has 1 aliphatic rings. The largest absolute Gasteiger partial charge is 0.497 e. The number of nitrogens with zero attached hydrogens (tertiary/aromatic N) is 2. The first-order chi connectivity index (χ1) is 16.6. The van der Waals surface area contributed by atoms with Crippen LogP contribution >= 0.6 is 0 Å². The predicted octanol–water partition coefficient (Wildman–Crippen LogP) is 3.98. The lowest BCUT2D eigenvalue weighted by molar-refractivity contribution is 0.0590. The summed E-state index contributed by atoms with van der Waals surface area (Å²) in [4.78, 5) is 16.6. The van der Waals surface area contributed by atoms with Gasteiger partial charge in [0, 0.05) is 45.3 Å². The van der Waals surface area contributed by atoms with E-state index in [1.165, 1.54) is 17.4 Å². The van der Waals surface area contributed by atoms with Crippen molar-refractivity contribution < 1.29 is 18.7 Å². The van der Waals surface area contributed by atoms with Crippen molar-refractivity contribution in [2.24, 2.45) is 0 Å². The third-order valence-corrected chi connectivity index (χ3v) is 6.17. The smallest absolute Gasteiger partial charge is 0.289 e. The molecule has 2 aromatic carbocycles.